The van der Waals surface area contributed by atoms with Crippen LogP contribution in [0.5, 0.6) is 0 Å². The average molecular weight is 553 g/mol. The van der Waals surface area contributed by atoms with Crippen molar-refractivity contribution in [2.24, 2.45) is 10.8 Å². The highest BCUT2D eigenvalue weighted by Gasteiger charge is 2.33. The zero-order chi connectivity index (χ0) is 26.5. The molecule has 0 aliphatic rings. The third kappa shape index (κ3) is 5.27. The number of halogens is 4. The van der Waals surface area contributed by atoms with Crippen molar-refractivity contribution in [3.63, 3.8) is 0 Å². The minimum absolute atomic E-state index is 0.0275. The molecule has 0 atom stereocenters. The zero-order valence-corrected chi connectivity index (χ0v) is 21.6. The molecule has 3 rings (SSSR count). The van der Waals surface area contributed by atoms with Crippen LogP contribution in [-0.4, -0.2) is 11.8 Å². The normalized spacial score (nSPS) is 12.1. The summed E-state index contributed by atoms with van der Waals surface area (Å²) in [4.78, 5) is 39.2. The lowest BCUT2D eigenvalue weighted by molar-refractivity contribution is -0.125. The second kappa shape index (κ2) is 9.14. The van der Waals surface area contributed by atoms with E-state index >= 15 is 0 Å². The van der Waals surface area contributed by atoms with Gasteiger partial charge in [0.25, 0.3) is 0 Å². The minimum atomic E-state index is -1.16. The van der Waals surface area contributed by atoms with Crippen LogP contribution in [-0.2, 0) is 9.59 Å². The lowest BCUT2D eigenvalue weighted by Crippen LogP contribution is -2.36. The van der Waals surface area contributed by atoms with Crippen LogP contribution in [0.15, 0.2) is 44.0 Å². The van der Waals surface area contributed by atoms with Crippen molar-refractivity contribution in [3.8, 4) is 0 Å². The molecule has 1 N–H and O–H groups in total. The number of carbonyl (C=O) groups excluding carboxylic acids is 2. The van der Waals surface area contributed by atoms with Gasteiger partial charge in [-0.05, 0) is 34.1 Å². The molecule has 0 aliphatic carbocycles. The third-order valence-electron chi connectivity index (χ3n) is 5.05. The minimum Gasteiger partial charge on any atom is -0.436 e. The fourth-order valence-corrected chi connectivity index (χ4v) is 3.32. The maximum atomic E-state index is 15.0. The number of benzene rings is 2. The van der Waals surface area contributed by atoms with Gasteiger partial charge < -0.3 is 9.73 Å². The summed E-state index contributed by atoms with van der Waals surface area (Å²) in [6, 6.07) is 5.34. The quantitative estimate of drug-likeness (QED) is 0.368. The highest BCUT2D eigenvalue weighted by molar-refractivity contribution is 9.10. The summed E-state index contributed by atoms with van der Waals surface area (Å²) in [5.74, 6) is -4.38. The predicted molar refractivity (Wildman–Crippen MR) is 131 cm³/mol. The summed E-state index contributed by atoms with van der Waals surface area (Å²) in [5.41, 5.74) is -3.30. The Kier molecular flexibility index (Phi) is 6.91. The van der Waals surface area contributed by atoms with E-state index in [4.69, 9.17) is 4.42 Å². The largest absolute Gasteiger partial charge is 0.436 e. The molecule has 2 aromatic carbocycles. The molecule has 0 saturated heterocycles. The standard InChI is InChI=1S/C25H24BrF3N2O4/c1-24(2,3)22(33)30-16-8-7-12(9-14(16)27)31(23(34)25(4,5)6)18-11-17(32)13-10-15(28)19(26)20(29)21(13)35-18/h7-11H,1-6H3,(H,30,33). The second-order valence-electron chi connectivity index (χ2n) is 10.1. The molecule has 0 radical (unpaired) electrons. The number of nitrogens with one attached hydrogen (secondary N) is 1. The van der Waals surface area contributed by atoms with Crippen molar-refractivity contribution in [1.82, 2.24) is 0 Å². The Balaban J connectivity index is 2.20. The number of nitrogens with zero attached hydrogens (tertiary/aromatic N) is 1. The van der Waals surface area contributed by atoms with Gasteiger partial charge in [-0.3, -0.25) is 14.4 Å². The molecule has 35 heavy (non-hydrogen) atoms. The predicted octanol–water partition coefficient (Wildman–Crippen LogP) is 6.67. The SMILES string of the molecule is CC(C)(C)C(=O)Nc1ccc(N(C(=O)C(C)(C)C)c2cc(=O)c3cc(F)c(Br)c(F)c3o2)cc1F. The van der Waals surface area contributed by atoms with Crippen LogP contribution in [0.25, 0.3) is 11.0 Å². The third-order valence-corrected chi connectivity index (χ3v) is 5.78. The summed E-state index contributed by atoms with van der Waals surface area (Å²) >= 11 is 2.77. The van der Waals surface area contributed by atoms with Crippen LogP contribution in [0.4, 0.5) is 30.4 Å². The first-order chi connectivity index (χ1) is 16.0. The van der Waals surface area contributed by atoms with Gasteiger partial charge in [-0.15, -0.1) is 0 Å². The Labute approximate surface area is 208 Å². The van der Waals surface area contributed by atoms with Gasteiger partial charge in [-0.1, -0.05) is 41.5 Å². The molecule has 0 unspecified atom stereocenters. The number of carbonyl (C=O) groups is 2. The molecule has 0 spiro atoms. The maximum Gasteiger partial charge on any atom is 0.239 e. The van der Waals surface area contributed by atoms with Crippen molar-refractivity contribution >= 4 is 56.0 Å². The van der Waals surface area contributed by atoms with Crippen molar-refractivity contribution in [3.05, 3.63) is 62.5 Å². The van der Waals surface area contributed by atoms with Crippen LogP contribution < -0.4 is 15.6 Å². The lowest BCUT2D eigenvalue weighted by Gasteiger charge is -2.28. The molecule has 6 nitrogen and oxygen atoms in total. The van der Waals surface area contributed by atoms with E-state index in [1.54, 1.807) is 41.5 Å². The van der Waals surface area contributed by atoms with Gasteiger partial charge in [0.15, 0.2) is 16.8 Å². The van der Waals surface area contributed by atoms with Crippen molar-refractivity contribution in [1.29, 1.82) is 0 Å². The molecule has 10 heteroatoms. The lowest BCUT2D eigenvalue weighted by atomic mass is 9.94. The zero-order valence-electron chi connectivity index (χ0n) is 20.0. The number of anilines is 3. The molecule has 0 saturated carbocycles. The van der Waals surface area contributed by atoms with E-state index in [0.717, 1.165) is 23.1 Å². The molecule has 0 bridgehead atoms. The molecule has 1 heterocycles. The van der Waals surface area contributed by atoms with E-state index in [-0.39, 0.29) is 22.6 Å². The summed E-state index contributed by atoms with van der Waals surface area (Å²) in [5, 5.41) is 2.13. The first-order valence-corrected chi connectivity index (χ1v) is 11.4. The van der Waals surface area contributed by atoms with Crippen molar-refractivity contribution in [2.45, 2.75) is 41.5 Å². The molecule has 1 aromatic heterocycles. The second-order valence-corrected chi connectivity index (χ2v) is 10.9. The maximum absolute atomic E-state index is 15.0. The van der Waals surface area contributed by atoms with Gasteiger partial charge in [0, 0.05) is 23.0 Å². The molecule has 0 fully saturated rings. The van der Waals surface area contributed by atoms with Gasteiger partial charge in [0.2, 0.25) is 17.7 Å². The number of rotatable bonds is 3. The van der Waals surface area contributed by atoms with Crippen LogP contribution in [0, 0.1) is 28.3 Å². The monoisotopic (exact) mass is 552 g/mol. The summed E-state index contributed by atoms with van der Waals surface area (Å²) in [6.07, 6.45) is 0. The number of amides is 2. The first-order valence-electron chi connectivity index (χ1n) is 10.6. The Morgan fingerprint density at radius 1 is 0.943 bits per heavy atom. The van der Waals surface area contributed by atoms with E-state index in [0.29, 0.717) is 0 Å². The van der Waals surface area contributed by atoms with Gasteiger partial charge in [0.05, 0.1) is 21.2 Å². The smallest absolute Gasteiger partial charge is 0.239 e. The highest BCUT2D eigenvalue weighted by atomic mass is 79.9. The summed E-state index contributed by atoms with van der Waals surface area (Å²) < 4.78 is 48.7. The van der Waals surface area contributed by atoms with Gasteiger partial charge in [-0.2, -0.15) is 0 Å². The fourth-order valence-electron chi connectivity index (χ4n) is 3.03. The molecule has 0 aliphatic heterocycles. The molecule has 3 aromatic rings. The Bertz CT molecular complexity index is 1410. The van der Waals surface area contributed by atoms with Gasteiger partial charge in [0.1, 0.15) is 11.6 Å². The Morgan fingerprint density at radius 2 is 1.57 bits per heavy atom. The summed E-state index contributed by atoms with van der Waals surface area (Å²) in [6.45, 7) is 9.81. The number of fused-ring (bicyclic) bond motifs is 1. The van der Waals surface area contributed by atoms with E-state index in [1.165, 1.54) is 12.1 Å². The van der Waals surface area contributed by atoms with Crippen LogP contribution in [0.1, 0.15) is 41.5 Å². The summed E-state index contributed by atoms with van der Waals surface area (Å²) in [7, 11) is 0. The Morgan fingerprint density at radius 3 is 2.11 bits per heavy atom. The molecule has 186 valence electrons. The number of hydrogen-bond donors (Lipinski definition) is 1. The van der Waals surface area contributed by atoms with E-state index < -0.39 is 55.6 Å². The molecular formula is C25H24BrF3N2O4. The average Bonchev–Trinajstić information content (AvgIpc) is 2.73. The highest BCUT2D eigenvalue weighted by Crippen LogP contribution is 2.35. The Hall–Kier alpha value is -3.14. The van der Waals surface area contributed by atoms with Crippen molar-refractivity contribution < 1.29 is 27.2 Å². The first kappa shape index (κ1) is 26.5. The van der Waals surface area contributed by atoms with Crippen LogP contribution >= 0.6 is 15.9 Å². The number of hydrogen-bond acceptors (Lipinski definition) is 4. The van der Waals surface area contributed by atoms with E-state index in [2.05, 4.69) is 21.2 Å². The van der Waals surface area contributed by atoms with Crippen molar-refractivity contribution in [2.75, 3.05) is 10.2 Å². The molecular weight excluding hydrogens is 529 g/mol. The van der Waals surface area contributed by atoms with Crippen LogP contribution in [0.2, 0.25) is 0 Å². The van der Waals surface area contributed by atoms with E-state index in [1.807, 2.05) is 0 Å². The van der Waals surface area contributed by atoms with E-state index in [9.17, 15) is 27.6 Å². The van der Waals surface area contributed by atoms with Crippen LogP contribution in [0.3, 0.4) is 0 Å². The fraction of sp³-hybridized carbons (Fsp3) is 0.320. The van der Waals surface area contributed by atoms with Gasteiger partial charge >= 0.3 is 0 Å². The topological polar surface area (TPSA) is 79.6 Å². The van der Waals surface area contributed by atoms with Gasteiger partial charge in [-0.25, -0.2) is 18.1 Å². The molecule has 2 amide bonds.